The molecule has 1 aromatic heterocycles. The van der Waals surface area contributed by atoms with E-state index in [-0.39, 0.29) is 48.5 Å². The number of thioether (sulfide) groups is 1. The summed E-state index contributed by atoms with van der Waals surface area (Å²) in [7, 11) is 3.56. The third kappa shape index (κ3) is 4.23. The lowest BCUT2D eigenvalue weighted by Crippen LogP contribution is -2.69. The molecule has 280 valence electrons. The Balaban J connectivity index is 1.23. The van der Waals surface area contributed by atoms with Crippen molar-refractivity contribution in [2.45, 2.75) is 80.7 Å². The summed E-state index contributed by atoms with van der Waals surface area (Å²) in [4.78, 5) is 22.8. The van der Waals surface area contributed by atoms with Gasteiger partial charge in [0.15, 0.2) is 28.5 Å². The maximum atomic E-state index is 14.9. The minimum atomic E-state index is -1.32. The molecule has 7 aliphatic rings. The minimum Gasteiger partial charge on any atom is -0.508 e. The molecule has 14 heteroatoms. The largest absolute Gasteiger partial charge is 0.508 e. The number of fused-ring (bicyclic) bond motifs is 11. The number of carbonyl (C=O) groups excluding carboxylic acids is 1. The molecule has 4 bridgehead atoms. The van der Waals surface area contributed by atoms with Gasteiger partial charge in [0.2, 0.25) is 6.79 Å². The van der Waals surface area contributed by atoms with Crippen LogP contribution in [0.15, 0.2) is 24.3 Å². The van der Waals surface area contributed by atoms with Crippen LogP contribution in [0.4, 0.5) is 0 Å². The van der Waals surface area contributed by atoms with E-state index in [0.717, 1.165) is 33.2 Å². The van der Waals surface area contributed by atoms with Gasteiger partial charge in [0.05, 0.1) is 36.2 Å². The number of H-pyrrole nitrogens is 1. The van der Waals surface area contributed by atoms with Gasteiger partial charge in [-0.05, 0) is 75.5 Å². The van der Waals surface area contributed by atoms with Gasteiger partial charge in [0.1, 0.15) is 24.1 Å². The zero-order chi connectivity index (χ0) is 37.5. The number of nitrogens with zero attached hydrogens (tertiary/aromatic N) is 3. The number of phenols is 3. The van der Waals surface area contributed by atoms with E-state index in [2.05, 4.69) is 32.2 Å². The first-order valence-electron chi connectivity index (χ1n) is 18.3. The normalized spacial score (nSPS) is 31.0. The fraction of sp³-hybridized carbons (Fsp3) is 0.450. The quantitative estimate of drug-likeness (QED) is 0.171. The SMILES string of the molecule is COc1c(C)cc2c(c1O)[C@H]1C3[C@@H]4SC[C@]5(NC(C)Cc6c5[nH]c5ccc(O)cc65)C(=O)OC[C@@H](c5c6c(c(C)c(O)c54)OCO6)N3[C@@H](C#N)[C@@H](C2)N1C. The molecule has 0 radical (unpaired) electrons. The Morgan fingerprint density at radius 2 is 1.85 bits per heavy atom. The molecule has 5 N–H and O–H groups in total. The molecule has 0 saturated carbocycles. The van der Waals surface area contributed by atoms with Gasteiger partial charge in [-0.1, -0.05) is 6.07 Å². The molecule has 8 atom stereocenters. The molecular weight excluding hydrogens is 711 g/mol. The Bertz CT molecular complexity index is 2360. The Hall–Kier alpha value is -4.81. The summed E-state index contributed by atoms with van der Waals surface area (Å²) >= 11 is 1.52. The predicted octanol–water partition coefficient (Wildman–Crippen LogP) is 4.63. The number of methoxy groups -OCH3 is 1. The number of ether oxygens (including phenoxy) is 4. The van der Waals surface area contributed by atoms with Crippen LogP contribution in [0.5, 0.6) is 34.5 Å². The number of piperazine rings is 1. The molecule has 8 heterocycles. The van der Waals surface area contributed by atoms with Crippen molar-refractivity contribution in [3.63, 3.8) is 0 Å². The standard InChI is InChI=1S/C40H41N5O8S/c1-16-8-19-10-24-25(12-41)45-26-13-51-39(49)40(38-22(9-17(2)43-40)21-11-20(46)6-7-23(21)42-38)14-54-37(29-28(26)36-35(52-15-53-36)18(3)32(29)47)31(45)30(44(24)4)27(19)33(48)34(16)50-5/h6-8,11,17,24-26,30-31,37,42-43,46-48H,9-10,13-15H2,1-5H3/t17?,24-,25+,26+,30+,31?,37-,40-/m1/s1. The first-order chi connectivity index (χ1) is 26.0. The van der Waals surface area contributed by atoms with E-state index in [4.69, 9.17) is 18.9 Å². The molecule has 0 aliphatic carbocycles. The number of benzene rings is 3. The molecule has 3 aromatic carbocycles. The molecular formula is C40H41N5O8S. The van der Waals surface area contributed by atoms with E-state index in [1.165, 1.54) is 11.8 Å². The van der Waals surface area contributed by atoms with Gasteiger partial charge in [-0.25, -0.2) is 4.79 Å². The molecule has 2 saturated heterocycles. The summed E-state index contributed by atoms with van der Waals surface area (Å²) in [5.74, 6) is 1.35. The van der Waals surface area contributed by atoms with Crippen LogP contribution in [0.25, 0.3) is 10.9 Å². The number of aromatic nitrogens is 1. The summed E-state index contributed by atoms with van der Waals surface area (Å²) in [6.45, 7) is 5.59. The van der Waals surface area contributed by atoms with Crippen LogP contribution in [-0.2, 0) is 27.9 Å². The number of hydrogen-bond acceptors (Lipinski definition) is 13. The van der Waals surface area contributed by atoms with Crippen molar-refractivity contribution >= 4 is 28.6 Å². The fourth-order valence-electron chi connectivity index (χ4n) is 10.7. The van der Waals surface area contributed by atoms with Crippen LogP contribution in [0, 0.1) is 25.2 Å². The summed E-state index contributed by atoms with van der Waals surface area (Å²) < 4.78 is 24.3. The smallest absolute Gasteiger partial charge is 0.333 e. The van der Waals surface area contributed by atoms with E-state index in [9.17, 15) is 25.4 Å². The number of nitriles is 1. The number of phenolic OH excluding ortho intramolecular Hbond substituents is 3. The van der Waals surface area contributed by atoms with Gasteiger partial charge >= 0.3 is 5.97 Å². The van der Waals surface area contributed by atoms with Crippen molar-refractivity contribution in [2.24, 2.45) is 0 Å². The van der Waals surface area contributed by atoms with E-state index in [1.54, 1.807) is 19.2 Å². The highest BCUT2D eigenvalue weighted by molar-refractivity contribution is 7.99. The van der Waals surface area contributed by atoms with Gasteiger partial charge in [0.25, 0.3) is 0 Å². The highest BCUT2D eigenvalue weighted by atomic mass is 32.2. The third-order valence-electron chi connectivity index (χ3n) is 12.8. The van der Waals surface area contributed by atoms with E-state index in [1.807, 2.05) is 33.9 Å². The Kier molecular flexibility index (Phi) is 7.25. The zero-order valence-electron chi connectivity index (χ0n) is 30.5. The van der Waals surface area contributed by atoms with Crippen LogP contribution in [0.3, 0.4) is 0 Å². The maximum absolute atomic E-state index is 14.9. The number of aromatic hydroxyl groups is 3. The second-order valence-corrected chi connectivity index (χ2v) is 16.7. The van der Waals surface area contributed by atoms with Gasteiger partial charge in [0, 0.05) is 57.0 Å². The molecule has 1 spiro atoms. The minimum absolute atomic E-state index is 0.0283. The average molecular weight is 752 g/mol. The highest BCUT2D eigenvalue weighted by Crippen LogP contribution is 2.64. The van der Waals surface area contributed by atoms with Crippen molar-refractivity contribution in [2.75, 3.05) is 33.3 Å². The maximum Gasteiger partial charge on any atom is 0.333 e. The first-order valence-corrected chi connectivity index (χ1v) is 19.4. The summed E-state index contributed by atoms with van der Waals surface area (Å²) in [6.07, 6.45) is 1.14. The number of aromatic amines is 1. The Labute approximate surface area is 315 Å². The van der Waals surface area contributed by atoms with Crippen LogP contribution in [0.1, 0.15) is 68.9 Å². The molecule has 7 aliphatic heterocycles. The number of carbonyl (C=O) groups is 1. The van der Waals surface area contributed by atoms with Crippen LogP contribution in [-0.4, -0.2) is 93.6 Å². The van der Waals surface area contributed by atoms with Crippen LogP contribution in [0.2, 0.25) is 0 Å². The lowest BCUT2D eigenvalue weighted by Gasteiger charge is -2.62. The van der Waals surface area contributed by atoms with E-state index >= 15 is 0 Å². The molecule has 4 aromatic rings. The first kappa shape index (κ1) is 33.7. The van der Waals surface area contributed by atoms with Crippen molar-refractivity contribution in [3.8, 4) is 40.6 Å². The lowest BCUT2D eigenvalue weighted by atomic mass is 9.71. The zero-order valence-corrected chi connectivity index (χ0v) is 31.3. The summed E-state index contributed by atoms with van der Waals surface area (Å²) in [5.41, 5.74) is 5.47. The van der Waals surface area contributed by atoms with Gasteiger partial charge in [-0.15, -0.1) is 11.8 Å². The molecule has 11 rings (SSSR count). The van der Waals surface area contributed by atoms with Gasteiger partial charge < -0.3 is 39.3 Å². The van der Waals surface area contributed by atoms with Gasteiger partial charge in [-0.3, -0.25) is 15.1 Å². The predicted molar refractivity (Wildman–Crippen MR) is 198 cm³/mol. The second kappa shape index (κ2) is 11.6. The Morgan fingerprint density at radius 1 is 1.06 bits per heavy atom. The molecule has 2 unspecified atom stereocenters. The number of hydrogen-bond donors (Lipinski definition) is 5. The van der Waals surface area contributed by atoms with Crippen molar-refractivity contribution in [3.05, 3.63) is 68.9 Å². The van der Waals surface area contributed by atoms with Crippen molar-refractivity contribution < 1.29 is 39.1 Å². The number of likely N-dealkylation sites (N-methyl/N-ethyl adjacent to an activating group) is 1. The summed E-state index contributed by atoms with van der Waals surface area (Å²) in [5, 5.41) is 49.8. The van der Waals surface area contributed by atoms with Gasteiger partial charge in [-0.2, -0.15) is 5.26 Å². The van der Waals surface area contributed by atoms with E-state index in [0.29, 0.717) is 52.5 Å². The lowest BCUT2D eigenvalue weighted by molar-refractivity contribution is -0.158. The van der Waals surface area contributed by atoms with Crippen LogP contribution < -0.4 is 19.5 Å². The topological polar surface area (TPSA) is 173 Å². The second-order valence-electron chi connectivity index (χ2n) is 15.6. The highest BCUT2D eigenvalue weighted by Gasteiger charge is 2.62. The number of nitrogens with one attached hydrogen (secondary N) is 2. The Morgan fingerprint density at radius 3 is 2.63 bits per heavy atom. The van der Waals surface area contributed by atoms with Crippen molar-refractivity contribution in [1.82, 2.24) is 20.1 Å². The number of rotatable bonds is 1. The number of aryl methyl sites for hydroxylation is 1. The molecule has 54 heavy (non-hydrogen) atoms. The van der Waals surface area contributed by atoms with E-state index < -0.39 is 40.9 Å². The monoisotopic (exact) mass is 751 g/mol. The summed E-state index contributed by atoms with van der Waals surface area (Å²) in [6, 6.07) is 7.22. The molecule has 0 amide bonds. The number of esters is 1. The average Bonchev–Trinajstić information content (AvgIpc) is 3.78. The molecule has 13 nitrogen and oxygen atoms in total. The van der Waals surface area contributed by atoms with Crippen LogP contribution >= 0.6 is 11.8 Å². The molecule has 2 fully saturated rings. The third-order valence-corrected chi connectivity index (χ3v) is 14.3. The van der Waals surface area contributed by atoms with Crippen molar-refractivity contribution in [1.29, 1.82) is 5.26 Å². The fourth-order valence-corrected chi connectivity index (χ4v) is 12.3.